The Morgan fingerprint density at radius 1 is 1.12 bits per heavy atom. The molecule has 0 bridgehead atoms. The van der Waals surface area contributed by atoms with Crippen LogP contribution in [0, 0.1) is 31.6 Å². The fourth-order valence-corrected chi connectivity index (χ4v) is 3.77. The molecule has 138 valence electrons. The first-order valence-corrected chi connectivity index (χ1v) is 9.28. The third kappa shape index (κ3) is 3.59. The summed E-state index contributed by atoms with van der Waals surface area (Å²) in [6, 6.07) is 10.2. The molecule has 1 heterocycles. The quantitative estimate of drug-likeness (QED) is 0.663. The van der Waals surface area contributed by atoms with E-state index in [0.29, 0.717) is 19.1 Å². The van der Waals surface area contributed by atoms with E-state index in [-0.39, 0.29) is 6.10 Å². The second-order valence-corrected chi connectivity index (χ2v) is 7.21. The Labute approximate surface area is 155 Å². The molecule has 0 amide bonds. The van der Waals surface area contributed by atoms with Crippen LogP contribution in [0.25, 0.3) is 0 Å². The van der Waals surface area contributed by atoms with E-state index in [4.69, 9.17) is 9.47 Å². The molecule has 2 aromatic rings. The fourth-order valence-electron chi connectivity index (χ4n) is 3.77. The minimum Gasteiger partial charge on any atom is -0.490 e. The van der Waals surface area contributed by atoms with Crippen LogP contribution in [-0.2, 0) is 13.0 Å². The van der Waals surface area contributed by atoms with Gasteiger partial charge in [-0.1, -0.05) is 35.5 Å². The van der Waals surface area contributed by atoms with E-state index < -0.39 is 0 Å². The Hall–Kier alpha value is -2.36. The van der Waals surface area contributed by atoms with Gasteiger partial charge in [-0.2, -0.15) is 4.91 Å². The molecule has 0 aromatic heterocycles. The number of fused-ring (bicyclic) bond motifs is 1. The van der Waals surface area contributed by atoms with E-state index in [0.717, 1.165) is 46.6 Å². The van der Waals surface area contributed by atoms with Crippen LogP contribution in [-0.4, -0.2) is 12.6 Å². The van der Waals surface area contributed by atoms with E-state index in [9.17, 15) is 4.91 Å². The number of rotatable bonds is 6. The molecule has 2 atom stereocenters. The standard InChI is InChI=1S/C22H27NO3/c1-14-15(2)22-20(12-19(10-11-23-24)17(4)26-22)16(3)21(14)25-13-18-8-6-5-7-9-18/h5-9,17,19H,10-13H2,1-4H3. The summed E-state index contributed by atoms with van der Waals surface area (Å²) >= 11 is 0. The molecular weight excluding hydrogens is 326 g/mol. The molecule has 0 radical (unpaired) electrons. The van der Waals surface area contributed by atoms with Gasteiger partial charge < -0.3 is 9.47 Å². The van der Waals surface area contributed by atoms with Crippen molar-refractivity contribution >= 4 is 0 Å². The summed E-state index contributed by atoms with van der Waals surface area (Å²) < 4.78 is 12.5. The molecule has 0 spiro atoms. The van der Waals surface area contributed by atoms with Crippen molar-refractivity contribution in [1.82, 2.24) is 0 Å². The molecule has 4 heteroatoms. The van der Waals surface area contributed by atoms with Crippen LogP contribution in [0.5, 0.6) is 11.5 Å². The topological polar surface area (TPSA) is 47.9 Å². The summed E-state index contributed by atoms with van der Waals surface area (Å²) in [6.45, 7) is 9.29. The van der Waals surface area contributed by atoms with Gasteiger partial charge in [-0.05, 0) is 62.8 Å². The van der Waals surface area contributed by atoms with Crippen molar-refractivity contribution in [1.29, 1.82) is 0 Å². The van der Waals surface area contributed by atoms with Gasteiger partial charge in [0.05, 0.1) is 12.6 Å². The molecule has 1 aliphatic heterocycles. The van der Waals surface area contributed by atoms with Crippen molar-refractivity contribution in [3.63, 3.8) is 0 Å². The molecule has 0 fully saturated rings. The first-order chi connectivity index (χ1) is 12.5. The molecule has 2 unspecified atom stereocenters. The van der Waals surface area contributed by atoms with Crippen LogP contribution in [0.2, 0.25) is 0 Å². The van der Waals surface area contributed by atoms with Crippen LogP contribution in [0.1, 0.15) is 41.2 Å². The number of benzene rings is 2. The Balaban J connectivity index is 1.90. The third-order valence-corrected chi connectivity index (χ3v) is 5.56. The number of ether oxygens (including phenoxy) is 2. The largest absolute Gasteiger partial charge is 0.490 e. The maximum Gasteiger partial charge on any atom is 0.126 e. The average molecular weight is 353 g/mol. The molecule has 3 rings (SSSR count). The molecule has 26 heavy (non-hydrogen) atoms. The number of nitroso groups, excluding NO2 is 1. The lowest BCUT2D eigenvalue weighted by molar-refractivity contribution is 0.123. The highest BCUT2D eigenvalue weighted by Gasteiger charge is 2.31. The zero-order chi connectivity index (χ0) is 18.7. The van der Waals surface area contributed by atoms with E-state index in [2.05, 4.69) is 45.0 Å². The summed E-state index contributed by atoms with van der Waals surface area (Å²) in [6.07, 6.45) is 1.76. The van der Waals surface area contributed by atoms with E-state index >= 15 is 0 Å². The number of nitrogens with zero attached hydrogens (tertiary/aromatic N) is 1. The minimum absolute atomic E-state index is 0.0952. The van der Waals surface area contributed by atoms with E-state index in [1.807, 2.05) is 18.2 Å². The van der Waals surface area contributed by atoms with Crippen LogP contribution < -0.4 is 9.47 Å². The van der Waals surface area contributed by atoms with Gasteiger partial charge in [0.1, 0.15) is 18.1 Å². The molecule has 0 N–H and O–H groups in total. The van der Waals surface area contributed by atoms with Crippen molar-refractivity contribution in [2.24, 2.45) is 11.1 Å². The normalized spacial score (nSPS) is 18.8. The van der Waals surface area contributed by atoms with Gasteiger partial charge in [-0.15, -0.1) is 0 Å². The van der Waals surface area contributed by atoms with Crippen molar-refractivity contribution in [2.45, 2.75) is 53.2 Å². The van der Waals surface area contributed by atoms with Crippen LogP contribution in [0.4, 0.5) is 0 Å². The monoisotopic (exact) mass is 353 g/mol. The lowest BCUT2D eigenvalue weighted by Crippen LogP contribution is -2.32. The van der Waals surface area contributed by atoms with Gasteiger partial charge >= 0.3 is 0 Å². The molecule has 4 nitrogen and oxygen atoms in total. The maximum absolute atomic E-state index is 10.5. The van der Waals surface area contributed by atoms with Crippen molar-refractivity contribution in [2.75, 3.05) is 6.54 Å². The fraction of sp³-hybridized carbons (Fsp3) is 0.455. The summed E-state index contributed by atoms with van der Waals surface area (Å²) in [5, 5.41) is 3.02. The second kappa shape index (κ2) is 7.90. The van der Waals surface area contributed by atoms with Crippen molar-refractivity contribution in [3.05, 3.63) is 63.1 Å². The summed E-state index contributed by atoms with van der Waals surface area (Å²) in [4.78, 5) is 10.5. The lowest BCUT2D eigenvalue weighted by atomic mass is 9.84. The highest BCUT2D eigenvalue weighted by atomic mass is 16.5. The maximum atomic E-state index is 10.5. The Bertz CT molecular complexity index is 786. The lowest BCUT2D eigenvalue weighted by Gasteiger charge is -2.34. The summed E-state index contributed by atoms with van der Waals surface area (Å²) in [5.41, 5.74) is 5.80. The van der Waals surface area contributed by atoms with E-state index in [1.54, 1.807) is 0 Å². The highest BCUT2D eigenvalue weighted by molar-refractivity contribution is 5.59. The predicted octanol–water partition coefficient (Wildman–Crippen LogP) is 5.29. The first-order valence-electron chi connectivity index (χ1n) is 9.28. The average Bonchev–Trinajstić information content (AvgIpc) is 2.65. The SMILES string of the molecule is Cc1c(C)c2c(c(C)c1OCc1ccccc1)CC(CCN=O)C(C)O2. The summed E-state index contributed by atoms with van der Waals surface area (Å²) in [7, 11) is 0. The number of hydrogen-bond acceptors (Lipinski definition) is 4. The Kier molecular flexibility index (Phi) is 5.60. The molecule has 1 aliphatic rings. The molecule has 0 aliphatic carbocycles. The van der Waals surface area contributed by atoms with Gasteiger partial charge in [-0.25, -0.2) is 0 Å². The minimum atomic E-state index is 0.0952. The second-order valence-electron chi connectivity index (χ2n) is 7.21. The summed E-state index contributed by atoms with van der Waals surface area (Å²) in [5.74, 6) is 2.26. The molecule has 2 aromatic carbocycles. The zero-order valence-electron chi connectivity index (χ0n) is 16.0. The van der Waals surface area contributed by atoms with Gasteiger partial charge in [-0.3, -0.25) is 0 Å². The van der Waals surface area contributed by atoms with Gasteiger partial charge in [0.15, 0.2) is 0 Å². The van der Waals surface area contributed by atoms with Crippen LogP contribution in [0.3, 0.4) is 0 Å². The van der Waals surface area contributed by atoms with E-state index in [1.165, 1.54) is 5.56 Å². The van der Waals surface area contributed by atoms with Gasteiger partial charge in [0, 0.05) is 11.5 Å². The number of hydrogen-bond donors (Lipinski definition) is 0. The van der Waals surface area contributed by atoms with Crippen LogP contribution in [0.15, 0.2) is 35.5 Å². The third-order valence-electron chi connectivity index (χ3n) is 5.56. The first kappa shape index (κ1) is 18.4. The van der Waals surface area contributed by atoms with Gasteiger partial charge in [0.2, 0.25) is 0 Å². The smallest absolute Gasteiger partial charge is 0.126 e. The highest BCUT2D eigenvalue weighted by Crippen LogP contribution is 2.43. The van der Waals surface area contributed by atoms with Crippen molar-refractivity contribution < 1.29 is 9.47 Å². The van der Waals surface area contributed by atoms with Gasteiger partial charge in [0.25, 0.3) is 0 Å². The van der Waals surface area contributed by atoms with Crippen molar-refractivity contribution in [3.8, 4) is 11.5 Å². The van der Waals surface area contributed by atoms with Crippen LogP contribution >= 0.6 is 0 Å². The molecular formula is C22H27NO3. The molecule has 0 saturated heterocycles. The predicted molar refractivity (Wildman–Crippen MR) is 104 cm³/mol. The zero-order valence-corrected chi connectivity index (χ0v) is 16.0. The molecule has 0 saturated carbocycles. The Morgan fingerprint density at radius 3 is 2.54 bits per heavy atom. The Morgan fingerprint density at radius 2 is 1.85 bits per heavy atom.